The zero-order valence-corrected chi connectivity index (χ0v) is 18.5. The largest absolute Gasteiger partial charge is 0.493 e. The topological polar surface area (TPSA) is 97.1 Å². The van der Waals surface area contributed by atoms with Crippen LogP contribution in [0, 0.1) is 11.3 Å². The molecule has 0 radical (unpaired) electrons. The number of hydrogen-bond acceptors (Lipinski definition) is 8. The predicted octanol–water partition coefficient (Wildman–Crippen LogP) is 4.46. The predicted molar refractivity (Wildman–Crippen MR) is 122 cm³/mol. The first kappa shape index (κ1) is 22.3. The normalized spacial score (nSPS) is 10.2. The van der Waals surface area contributed by atoms with E-state index in [1.54, 1.807) is 25.3 Å². The number of allylic oxidation sites excluding steroid dienone is 1. The van der Waals surface area contributed by atoms with E-state index in [0.29, 0.717) is 27.9 Å². The summed E-state index contributed by atoms with van der Waals surface area (Å²) in [5.74, 6) is 1.40. The maximum atomic E-state index is 12.2. The van der Waals surface area contributed by atoms with E-state index in [4.69, 9.17) is 14.7 Å². The van der Waals surface area contributed by atoms with Crippen LogP contribution in [-0.4, -0.2) is 29.8 Å². The molecule has 9 heteroatoms. The molecule has 2 aromatic carbocycles. The molecule has 0 fully saturated rings. The molecule has 0 aliphatic carbocycles. The molecule has 3 aromatic rings. The molecule has 31 heavy (non-hydrogen) atoms. The average Bonchev–Trinajstić information content (AvgIpc) is 3.24. The Hall–Kier alpha value is -3.35. The first-order chi connectivity index (χ1) is 15.1. The molecule has 0 atom stereocenters. The van der Waals surface area contributed by atoms with E-state index in [1.807, 2.05) is 30.3 Å². The van der Waals surface area contributed by atoms with Crippen molar-refractivity contribution in [2.75, 3.05) is 19.0 Å². The lowest BCUT2D eigenvalue weighted by Gasteiger charge is -2.11. The number of thioether (sulfide) groups is 1. The molecule has 0 bridgehead atoms. The third-order valence-corrected chi connectivity index (χ3v) is 6.11. The number of methoxy groups -OCH3 is 1. The highest BCUT2D eigenvalue weighted by atomic mass is 32.2. The van der Waals surface area contributed by atoms with Gasteiger partial charge >= 0.3 is 0 Å². The van der Waals surface area contributed by atoms with Gasteiger partial charge in [-0.05, 0) is 41.8 Å². The van der Waals surface area contributed by atoms with Gasteiger partial charge in [-0.2, -0.15) is 5.26 Å². The molecule has 0 unspecified atom stereocenters. The second-order valence-electron chi connectivity index (χ2n) is 6.29. The molecule has 0 aliphatic rings. The average molecular weight is 453 g/mol. The van der Waals surface area contributed by atoms with Gasteiger partial charge in [0.1, 0.15) is 0 Å². The molecule has 0 saturated carbocycles. The van der Waals surface area contributed by atoms with Crippen LogP contribution >= 0.6 is 23.1 Å². The van der Waals surface area contributed by atoms with Crippen molar-refractivity contribution >= 4 is 34.1 Å². The van der Waals surface area contributed by atoms with Gasteiger partial charge in [0, 0.05) is 5.75 Å². The van der Waals surface area contributed by atoms with Gasteiger partial charge in [-0.3, -0.25) is 10.1 Å². The van der Waals surface area contributed by atoms with Gasteiger partial charge in [-0.1, -0.05) is 47.4 Å². The van der Waals surface area contributed by atoms with Crippen molar-refractivity contribution in [1.82, 2.24) is 10.2 Å². The summed E-state index contributed by atoms with van der Waals surface area (Å²) in [6.07, 6.45) is 2.53. The summed E-state index contributed by atoms with van der Waals surface area (Å²) in [4.78, 5) is 12.2. The first-order valence-electron chi connectivity index (χ1n) is 9.27. The first-order valence-corrected chi connectivity index (χ1v) is 11.1. The van der Waals surface area contributed by atoms with Crippen LogP contribution in [0.4, 0.5) is 5.13 Å². The van der Waals surface area contributed by atoms with E-state index >= 15 is 0 Å². The van der Waals surface area contributed by atoms with Crippen molar-refractivity contribution < 1.29 is 14.3 Å². The Balaban J connectivity index is 1.49. The number of ether oxygens (including phenoxy) is 2. The summed E-state index contributed by atoms with van der Waals surface area (Å²) in [6, 6.07) is 15.0. The lowest BCUT2D eigenvalue weighted by molar-refractivity contribution is -0.118. The number of amides is 1. The van der Waals surface area contributed by atoms with E-state index in [0.717, 1.165) is 21.9 Å². The number of nitrogens with one attached hydrogen (secondary N) is 1. The van der Waals surface area contributed by atoms with Crippen molar-refractivity contribution in [3.05, 3.63) is 71.8 Å². The molecule has 1 N–H and O–H groups in total. The van der Waals surface area contributed by atoms with Crippen LogP contribution in [0.15, 0.2) is 59.5 Å². The molecule has 158 valence electrons. The van der Waals surface area contributed by atoms with Gasteiger partial charge in [-0.15, -0.1) is 16.8 Å². The number of aromatic nitrogens is 2. The van der Waals surface area contributed by atoms with Gasteiger partial charge in [0.15, 0.2) is 22.4 Å². The van der Waals surface area contributed by atoms with Gasteiger partial charge in [0.25, 0.3) is 5.91 Å². The van der Waals surface area contributed by atoms with E-state index in [-0.39, 0.29) is 12.5 Å². The van der Waals surface area contributed by atoms with Gasteiger partial charge < -0.3 is 9.47 Å². The summed E-state index contributed by atoms with van der Waals surface area (Å²) in [6.45, 7) is 3.55. The maximum absolute atomic E-state index is 12.2. The summed E-state index contributed by atoms with van der Waals surface area (Å²) >= 11 is 2.80. The van der Waals surface area contributed by atoms with Crippen LogP contribution < -0.4 is 14.8 Å². The van der Waals surface area contributed by atoms with E-state index < -0.39 is 0 Å². The zero-order chi connectivity index (χ0) is 22.1. The molecule has 1 aromatic heterocycles. The monoisotopic (exact) mass is 452 g/mol. The molecule has 1 heterocycles. The highest BCUT2D eigenvalue weighted by Crippen LogP contribution is 2.30. The number of nitrogens with zero attached hydrogens (tertiary/aromatic N) is 3. The zero-order valence-electron chi connectivity index (χ0n) is 16.8. The molecule has 0 spiro atoms. The second kappa shape index (κ2) is 11.2. The van der Waals surface area contributed by atoms with Crippen LogP contribution in [0.25, 0.3) is 0 Å². The fourth-order valence-corrected chi connectivity index (χ4v) is 4.29. The third-order valence-electron chi connectivity index (χ3n) is 4.07. The van der Waals surface area contributed by atoms with Gasteiger partial charge in [0.2, 0.25) is 5.13 Å². The van der Waals surface area contributed by atoms with E-state index in [2.05, 4.69) is 28.2 Å². The summed E-state index contributed by atoms with van der Waals surface area (Å²) in [5.41, 5.74) is 2.75. The summed E-state index contributed by atoms with van der Waals surface area (Å²) in [7, 11) is 1.55. The number of anilines is 1. The van der Waals surface area contributed by atoms with Gasteiger partial charge in [0.05, 0.1) is 18.7 Å². The molecule has 0 aliphatic heterocycles. The number of hydrogen-bond donors (Lipinski definition) is 1. The van der Waals surface area contributed by atoms with Crippen LogP contribution in [0.2, 0.25) is 0 Å². The Labute approximate surface area is 188 Å². The maximum Gasteiger partial charge on any atom is 0.264 e. The smallest absolute Gasteiger partial charge is 0.264 e. The minimum Gasteiger partial charge on any atom is -0.493 e. The molecule has 3 rings (SSSR count). The summed E-state index contributed by atoms with van der Waals surface area (Å²) < 4.78 is 11.7. The lowest BCUT2D eigenvalue weighted by Crippen LogP contribution is -2.20. The van der Waals surface area contributed by atoms with E-state index in [1.165, 1.54) is 23.1 Å². The summed E-state index contributed by atoms with van der Waals surface area (Å²) in [5, 5.41) is 20.0. The molecule has 7 nitrogen and oxygen atoms in total. The van der Waals surface area contributed by atoms with Crippen LogP contribution in [0.1, 0.15) is 16.7 Å². The number of rotatable bonds is 10. The molecular weight excluding hydrogens is 432 g/mol. The number of carbonyl (C=O) groups is 1. The minimum absolute atomic E-state index is 0.176. The number of nitriles is 1. The third kappa shape index (κ3) is 6.57. The molecule has 1 amide bonds. The van der Waals surface area contributed by atoms with Crippen LogP contribution in [0.3, 0.4) is 0 Å². The Morgan fingerprint density at radius 2 is 2.00 bits per heavy atom. The van der Waals surface area contributed by atoms with Gasteiger partial charge in [-0.25, -0.2) is 0 Å². The minimum atomic E-state index is -0.336. The Kier molecular flexibility index (Phi) is 8.04. The lowest BCUT2D eigenvalue weighted by atomic mass is 10.1. The molecule has 0 saturated heterocycles. The number of benzene rings is 2. The quantitative estimate of drug-likeness (QED) is 0.276. The van der Waals surface area contributed by atoms with Crippen LogP contribution in [-0.2, 0) is 17.0 Å². The Bertz CT molecular complexity index is 1090. The number of carbonyl (C=O) groups excluding carboxylic acids is 1. The van der Waals surface area contributed by atoms with Crippen molar-refractivity contribution in [2.45, 2.75) is 16.5 Å². The van der Waals surface area contributed by atoms with Crippen molar-refractivity contribution in [2.24, 2.45) is 0 Å². The highest BCUT2D eigenvalue weighted by molar-refractivity contribution is 8.00. The second-order valence-corrected chi connectivity index (χ2v) is 8.49. The molecular formula is C22H20N4O3S2. The van der Waals surface area contributed by atoms with Crippen molar-refractivity contribution in [3.8, 4) is 17.6 Å². The van der Waals surface area contributed by atoms with Crippen molar-refractivity contribution in [3.63, 3.8) is 0 Å². The SMILES string of the molecule is C=CCc1ccc(OCC(=O)Nc2nnc(SCc3ccc(C#N)cc3)s2)c(OC)c1. The standard InChI is InChI=1S/C22H20N4O3S2/c1-3-4-15-9-10-18(19(11-15)28-2)29-13-20(27)24-21-25-26-22(31-21)30-14-17-7-5-16(12-23)6-8-17/h3,5-11H,1,4,13-14H2,2H3,(H,24,25,27). The Morgan fingerprint density at radius 1 is 1.23 bits per heavy atom. The van der Waals surface area contributed by atoms with E-state index in [9.17, 15) is 4.79 Å². The fraction of sp³-hybridized carbons (Fsp3) is 0.182. The van der Waals surface area contributed by atoms with Crippen molar-refractivity contribution in [1.29, 1.82) is 5.26 Å². The highest BCUT2D eigenvalue weighted by Gasteiger charge is 2.12. The Morgan fingerprint density at radius 3 is 2.71 bits per heavy atom. The van der Waals surface area contributed by atoms with Crippen LogP contribution in [0.5, 0.6) is 11.5 Å². The fourth-order valence-electron chi connectivity index (χ4n) is 2.56.